The quantitative estimate of drug-likeness (QED) is 0.355. The Bertz CT molecular complexity index is 718. The molecular formula is C20H24O9. The summed E-state index contributed by atoms with van der Waals surface area (Å²) < 4.78 is 27.0. The van der Waals surface area contributed by atoms with Gasteiger partial charge in [0, 0.05) is 20.8 Å². The van der Waals surface area contributed by atoms with Gasteiger partial charge in [-0.15, -0.1) is 0 Å². The molecule has 158 valence electrons. The average Bonchev–Trinajstić information content (AvgIpc) is 2.66. The zero-order valence-corrected chi connectivity index (χ0v) is 16.4. The van der Waals surface area contributed by atoms with Crippen LogP contribution in [0.2, 0.25) is 0 Å². The van der Waals surface area contributed by atoms with Crippen molar-refractivity contribution in [2.24, 2.45) is 5.92 Å². The third kappa shape index (κ3) is 6.65. The Hall–Kier alpha value is -2.78. The molecule has 0 spiro atoms. The molecule has 0 N–H and O–H groups in total. The minimum atomic E-state index is -1.16. The van der Waals surface area contributed by atoms with Gasteiger partial charge in [-0.25, -0.2) is 0 Å². The van der Waals surface area contributed by atoms with E-state index in [1.54, 1.807) is 0 Å². The first-order chi connectivity index (χ1) is 13.8. The van der Waals surface area contributed by atoms with Crippen LogP contribution >= 0.6 is 0 Å². The number of hydrogen-bond acceptors (Lipinski definition) is 9. The summed E-state index contributed by atoms with van der Waals surface area (Å²) in [6.07, 6.45) is -3.89. The molecule has 0 amide bonds. The maximum atomic E-state index is 11.8. The molecule has 9 heteroatoms. The minimum absolute atomic E-state index is 0.126. The van der Waals surface area contributed by atoms with E-state index in [1.807, 2.05) is 30.3 Å². The van der Waals surface area contributed by atoms with E-state index in [1.165, 1.54) is 20.8 Å². The van der Waals surface area contributed by atoms with Crippen LogP contribution in [0.1, 0.15) is 26.3 Å². The van der Waals surface area contributed by atoms with Crippen LogP contribution in [0.25, 0.3) is 0 Å². The largest absolute Gasteiger partial charge is 0.463 e. The lowest BCUT2D eigenvalue weighted by Crippen LogP contribution is -2.59. The van der Waals surface area contributed by atoms with E-state index >= 15 is 0 Å². The fourth-order valence-corrected chi connectivity index (χ4v) is 2.98. The summed E-state index contributed by atoms with van der Waals surface area (Å²) in [6, 6.07) is 9.18. The van der Waals surface area contributed by atoms with Crippen LogP contribution in [0.5, 0.6) is 0 Å². The van der Waals surface area contributed by atoms with Crippen molar-refractivity contribution in [1.29, 1.82) is 0 Å². The van der Waals surface area contributed by atoms with Crippen LogP contribution in [-0.4, -0.2) is 55.4 Å². The highest BCUT2D eigenvalue weighted by Crippen LogP contribution is 2.31. The molecule has 9 nitrogen and oxygen atoms in total. The highest BCUT2D eigenvalue weighted by molar-refractivity contribution is 5.68. The van der Waals surface area contributed by atoms with Gasteiger partial charge in [0.2, 0.25) is 0 Å². The van der Waals surface area contributed by atoms with Gasteiger partial charge in [0.25, 0.3) is 0 Å². The maximum absolute atomic E-state index is 11.8. The number of ether oxygens (including phenoxy) is 5. The Morgan fingerprint density at radius 1 is 0.966 bits per heavy atom. The zero-order valence-electron chi connectivity index (χ0n) is 16.4. The summed E-state index contributed by atoms with van der Waals surface area (Å²) in [5.74, 6) is -2.97. The minimum Gasteiger partial charge on any atom is -0.463 e. The Morgan fingerprint density at radius 3 is 2.14 bits per heavy atom. The molecular weight excluding hydrogens is 384 g/mol. The summed E-state index contributed by atoms with van der Waals surface area (Å²) in [5.41, 5.74) is 0.837. The van der Waals surface area contributed by atoms with Crippen molar-refractivity contribution in [3.05, 3.63) is 35.9 Å². The van der Waals surface area contributed by atoms with Crippen molar-refractivity contribution in [2.75, 3.05) is 6.61 Å². The second-order valence-corrected chi connectivity index (χ2v) is 6.50. The first-order valence-electron chi connectivity index (χ1n) is 9.06. The molecule has 1 saturated heterocycles. The Kier molecular flexibility index (Phi) is 8.29. The van der Waals surface area contributed by atoms with Crippen LogP contribution in [0.4, 0.5) is 0 Å². The lowest BCUT2D eigenvalue weighted by molar-refractivity contribution is -0.286. The van der Waals surface area contributed by atoms with E-state index in [9.17, 15) is 19.2 Å². The molecule has 0 radical (unpaired) electrons. The van der Waals surface area contributed by atoms with Crippen LogP contribution in [-0.2, 0) is 49.5 Å². The van der Waals surface area contributed by atoms with E-state index in [4.69, 9.17) is 23.7 Å². The van der Waals surface area contributed by atoms with Crippen molar-refractivity contribution in [3.8, 4) is 0 Å². The molecule has 5 atom stereocenters. The molecule has 0 bridgehead atoms. The number of rotatable bonds is 8. The molecule has 1 aromatic rings. The van der Waals surface area contributed by atoms with Gasteiger partial charge < -0.3 is 28.5 Å². The molecule has 1 aromatic carbocycles. The van der Waals surface area contributed by atoms with Crippen LogP contribution in [0.3, 0.4) is 0 Å². The van der Waals surface area contributed by atoms with Crippen molar-refractivity contribution in [3.63, 3.8) is 0 Å². The monoisotopic (exact) mass is 408 g/mol. The van der Waals surface area contributed by atoms with Crippen molar-refractivity contribution >= 4 is 24.2 Å². The molecule has 0 aliphatic carbocycles. The summed E-state index contributed by atoms with van der Waals surface area (Å²) >= 11 is 0. The molecule has 2 rings (SSSR count). The summed E-state index contributed by atoms with van der Waals surface area (Å²) in [6.45, 7) is 3.40. The summed E-state index contributed by atoms with van der Waals surface area (Å²) in [7, 11) is 0. The first kappa shape index (κ1) is 22.5. The second-order valence-electron chi connectivity index (χ2n) is 6.50. The van der Waals surface area contributed by atoms with Crippen LogP contribution in [0, 0.1) is 5.92 Å². The number of carbonyl (C=O) groups is 4. The van der Waals surface area contributed by atoms with Crippen LogP contribution in [0.15, 0.2) is 30.3 Å². The van der Waals surface area contributed by atoms with Crippen molar-refractivity contribution in [2.45, 2.75) is 52.0 Å². The SMILES string of the molecule is CC(=O)OC[C@H]1O[C@H](OCc2ccccc2)[C@H](C=O)[C@@H](OC(C)=O)[C@@H]1OC(C)=O. The molecule has 1 aliphatic rings. The topological polar surface area (TPSA) is 114 Å². The third-order valence-electron chi connectivity index (χ3n) is 4.16. The molecule has 0 saturated carbocycles. The number of benzene rings is 1. The Labute approximate surface area is 168 Å². The van der Waals surface area contributed by atoms with Gasteiger partial charge in [0.05, 0.1) is 6.61 Å². The fourth-order valence-electron chi connectivity index (χ4n) is 2.98. The lowest BCUT2D eigenvalue weighted by Gasteiger charge is -2.43. The van der Waals surface area contributed by atoms with Gasteiger partial charge in [0.15, 0.2) is 18.5 Å². The lowest BCUT2D eigenvalue weighted by atomic mass is 9.91. The molecule has 0 aromatic heterocycles. The maximum Gasteiger partial charge on any atom is 0.303 e. The molecule has 1 aliphatic heterocycles. The van der Waals surface area contributed by atoms with Gasteiger partial charge >= 0.3 is 17.9 Å². The van der Waals surface area contributed by atoms with E-state index in [2.05, 4.69) is 0 Å². The van der Waals surface area contributed by atoms with Gasteiger partial charge in [-0.1, -0.05) is 30.3 Å². The van der Waals surface area contributed by atoms with Gasteiger partial charge in [0.1, 0.15) is 24.9 Å². The predicted molar refractivity (Wildman–Crippen MR) is 97.2 cm³/mol. The summed E-state index contributed by atoms with van der Waals surface area (Å²) in [4.78, 5) is 46.2. The first-order valence-corrected chi connectivity index (χ1v) is 9.06. The number of hydrogen-bond donors (Lipinski definition) is 0. The molecule has 1 fully saturated rings. The van der Waals surface area contributed by atoms with E-state index in [0.717, 1.165) is 5.56 Å². The number of aldehydes is 1. The normalized spacial score (nSPS) is 26.2. The molecule has 29 heavy (non-hydrogen) atoms. The van der Waals surface area contributed by atoms with E-state index in [-0.39, 0.29) is 13.2 Å². The standard InChI is InChI=1S/C20H24O9/c1-12(22)25-11-17-19(28-14(3)24)18(27-13(2)23)16(9-21)20(29-17)26-10-15-7-5-4-6-8-15/h4-9,16-20H,10-11H2,1-3H3/t16-,17-,18-,19-,20+/m1/s1. The zero-order chi connectivity index (χ0) is 21.4. The number of esters is 3. The van der Waals surface area contributed by atoms with E-state index < -0.39 is 48.4 Å². The van der Waals surface area contributed by atoms with Gasteiger partial charge in [-0.05, 0) is 5.56 Å². The number of carbonyl (C=O) groups excluding carboxylic acids is 4. The Morgan fingerprint density at radius 2 is 1.59 bits per heavy atom. The smallest absolute Gasteiger partial charge is 0.303 e. The van der Waals surface area contributed by atoms with Gasteiger partial charge in [-0.2, -0.15) is 0 Å². The highest BCUT2D eigenvalue weighted by Gasteiger charge is 2.50. The van der Waals surface area contributed by atoms with Crippen LogP contribution < -0.4 is 0 Å². The average molecular weight is 408 g/mol. The second kappa shape index (κ2) is 10.7. The predicted octanol–water partition coefficient (Wildman–Crippen LogP) is 1.17. The van der Waals surface area contributed by atoms with Crippen molar-refractivity contribution < 1.29 is 42.9 Å². The van der Waals surface area contributed by atoms with E-state index in [0.29, 0.717) is 6.29 Å². The Balaban J connectivity index is 2.27. The third-order valence-corrected chi connectivity index (χ3v) is 4.16. The molecule has 0 unspecified atom stereocenters. The molecule has 1 heterocycles. The summed E-state index contributed by atoms with van der Waals surface area (Å²) in [5, 5.41) is 0. The highest BCUT2D eigenvalue weighted by atomic mass is 16.7. The van der Waals surface area contributed by atoms with Gasteiger partial charge in [-0.3, -0.25) is 14.4 Å². The van der Waals surface area contributed by atoms with Crippen molar-refractivity contribution in [1.82, 2.24) is 0 Å². The fraction of sp³-hybridized carbons (Fsp3) is 0.500.